The summed E-state index contributed by atoms with van der Waals surface area (Å²) in [5, 5.41) is 0. The number of primary amides is 1. The van der Waals surface area contributed by atoms with Crippen molar-refractivity contribution in [2.75, 3.05) is 19.0 Å². The molecule has 0 aliphatic heterocycles. The van der Waals surface area contributed by atoms with Crippen molar-refractivity contribution < 1.29 is 4.79 Å². The Morgan fingerprint density at radius 3 is 2.57 bits per heavy atom. The highest BCUT2D eigenvalue weighted by atomic mass is 16.1. The number of carbonyl (C=O) groups excluding carboxylic acids is 1. The van der Waals surface area contributed by atoms with Crippen molar-refractivity contribution in [3.63, 3.8) is 0 Å². The number of hydrogen-bond acceptors (Lipinski definition) is 2. The van der Waals surface area contributed by atoms with Crippen LogP contribution in [-0.4, -0.2) is 20.0 Å². The van der Waals surface area contributed by atoms with Crippen LogP contribution in [0.2, 0.25) is 0 Å². The summed E-state index contributed by atoms with van der Waals surface area (Å²) < 4.78 is 0. The molecule has 74 valence electrons. The number of carbonyl (C=O) groups is 1. The molecular weight excluding hydrogens is 176 g/mol. The highest BCUT2D eigenvalue weighted by Crippen LogP contribution is 2.18. The molecule has 1 rings (SSSR count). The lowest BCUT2D eigenvalue weighted by Gasteiger charge is -2.14. The standard InChI is InChI=1S/C11H14N2O/c1-13(2)10-6-4-3-5-9(10)7-8-11(12)14/h3-8H,1-2H3,(H2,12,14)/b8-7-. The molecule has 0 spiro atoms. The molecule has 0 unspecified atom stereocenters. The summed E-state index contributed by atoms with van der Waals surface area (Å²) in [7, 11) is 3.91. The maximum Gasteiger partial charge on any atom is 0.241 e. The van der Waals surface area contributed by atoms with Crippen LogP contribution < -0.4 is 10.6 Å². The molecule has 0 atom stereocenters. The van der Waals surface area contributed by atoms with Gasteiger partial charge >= 0.3 is 0 Å². The van der Waals surface area contributed by atoms with Gasteiger partial charge in [0.1, 0.15) is 0 Å². The minimum atomic E-state index is -0.432. The molecule has 1 aromatic rings. The van der Waals surface area contributed by atoms with Crippen molar-refractivity contribution in [3.8, 4) is 0 Å². The molecule has 0 saturated carbocycles. The quantitative estimate of drug-likeness (QED) is 0.729. The van der Waals surface area contributed by atoms with Crippen LogP contribution in [0, 0.1) is 0 Å². The fourth-order valence-corrected chi connectivity index (χ4v) is 1.21. The number of rotatable bonds is 3. The normalized spacial score (nSPS) is 10.4. The molecule has 0 aliphatic carbocycles. The molecule has 3 heteroatoms. The molecule has 2 N–H and O–H groups in total. The molecule has 3 nitrogen and oxygen atoms in total. The van der Waals surface area contributed by atoms with E-state index in [4.69, 9.17) is 5.73 Å². The summed E-state index contributed by atoms with van der Waals surface area (Å²) in [6.45, 7) is 0. The van der Waals surface area contributed by atoms with Gasteiger partial charge < -0.3 is 10.6 Å². The molecule has 0 fully saturated rings. The van der Waals surface area contributed by atoms with E-state index < -0.39 is 5.91 Å². The molecule has 0 bridgehead atoms. The summed E-state index contributed by atoms with van der Waals surface area (Å²) >= 11 is 0. The Hall–Kier alpha value is -1.77. The lowest BCUT2D eigenvalue weighted by Crippen LogP contribution is -2.10. The van der Waals surface area contributed by atoms with Crippen molar-refractivity contribution in [2.24, 2.45) is 5.73 Å². The Kier molecular flexibility index (Phi) is 3.29. The number of anilines is 1. The Bertz CT molecular complexity index is 356. The number of nitrogens with zero attached hydrogens (tertiary/aromatic N) is 1. The zero-order valence-corrected chi connectivity index (χ0v) is 8.40. The molecule has 14 heavy (non-hydrogen) atoms. The van der Waals surface area contributed by atoms with Gasteiger partial charge in [0.2, 0.25) is 5.91 Å². The molecule has 0 aliphatic rings. The first kappa shape index (κ1) is 10.3. The van der Waals surface area contributed by atoms with Crippen LogP contribution in [0.15, 0.2) is 30.3 Å². The summed E-state index contributed by atoms with van der Waals surface area (Å²) in [6.07, 6.45) is 3.08. The van der Waals surface area contributed by atoms with Crippen molar-refractivity contribution >= 4 is 17.7 Å². The van der Waals surface area contributed by atoms with Gasteiger partial charge in [0.15, 0.2) is 0 Å². The summed E-state index contributed by atoms with van der Waals surface area (Å²) in [4.78, 5) is 12.6. The van der Waals surface area contributed by atoms with Gasteiger partial charge in [-0.15, -0.1) is 0 Å². The summed E-state index contributed by atoms with van der Waals surface area (Å²) in [6, 6.07) is 7.81. The van der Waals surface area contributed by atoms with Gasteiger partial charge in [0.05, 0.1) is 0 Å². The van der Waals surface area contributed by atoms with Gasteiger partial charge in [-0.2, -0.15) is 0 Å². The third-order valence-corrected chi connectivity index (χ3v) is 1.85. The molecule has 1 aromatic carbocycles. The van der Waals surface area contributed by atoms with Gasteiger partial charge in [-0.05, 0) is 17.7 Å². The fraction of sp³-hybridized carbons (Fsp3) is 0.182. The van der Waals surface area contributed by atoms with Gasteiger partial charge in [0, 0.05) is 25.9 Å². The molecule has 0 saturated heterocycles. The van der Waals surface area contributed by atoms with Gasteiger partial charge in [-0.25, -0.2) is 0 Å². The van der Waals surface area contributed by atoms with Crippen molar-refractivity contribution in [2.45, 2.75) is 0 Å². The number of hydrogen-bond donors (Lipinski definition) is 1. The van der Waals surface area contributed by atoms with Crippen molar-refractivity contribution in [1.29, 1.82) is 0 Å². The van der Waals surface area contributed by atoms with E-state index in [2.05, 4.69) is 0 Å². The van der Waals surface area contributed by atoms with E-state index in [1.165, 1.54) is 6.08 Å². The average Bonchev–Trinajstić information content (AvgIpc) is 2.15. The number of amides is 1. The van der Waals surface area contributed by atoms with E-state index in [-0.39, 0.29) is 0 Å². The second-order valence-electron chi connectivity index (χ2n) is 3.19. The average molecular weight is 190 g/mol. The first-order chi connectivity index (χ1) is 6.61. The lowest BCUT2D eigenvalue weighted by molar-refractivity contribution is -0.113. The topological polar surface area (TPSA) is 46.3 Å². The Balaban J connectivity index is 3.01. The van der Waals surface area contributed by atoms with Gasteiger partial charge in [-0.3, -0.25) is 4.79 Å². The van der Waals surface area contributed by atoms with Crippen LogP contribution in [0.1, 0.15) is 5.56 Å². The molecule has 1 amide bonds. The highest BCUT2D eigenvalue weighted by molar-refractivity contribution is 5.91. The third kappa shape index (κ3) is 2.62. The van der Waals surface area contributed by atoms with E-state index in [1.54, 1.807) is 6.08 Å². The van der Waals surface area contributed by atoms with Crippen LogP contribution in [0.4, 0.5) is 5.69 Å². The Morgan fingerprint density at radius 2 is 2.00 bits per heavy atom. The molecule has 0 aromatic heterocycles. The first-order valence-electron chi connectivity index (χ1n) is 4.35. The largest absolute Gasteiger partial charge is 0.377 e. The van der Waals surface area contributed by atoms with Crippen LogP contribution >= 0.6 is 0 Å². The number of benzene rings is 1. The van der Waals surface area contributed by atoms with E-state index in [0.717, 1.165) is 11.3 Å². The maximum atomic E-state index is 10.6. The second kappa shape index (κ2) is 4.46. The zero-order valence-electron chi connectivity index (χ0n) is 8.40. The minimum Gasteiger partial charge on any atom is -0.377 e. The van der Waals surface area contributed by atoms with Crippen molar-refractivity contribution in [3.05, 3.63) is 35.9 Å². The van der Waals surface area contributed by atoms with E-state index >= 15 is 0 Å². The van der Waals surface area contributed by atoms with Crippen LogP contribution in [0.3, 0.4) is 0 Å². The molecular formula is C11H14N2O. The SMILES string of the molecule is CN(C)c1ccccc1/C=C\C(N)=O. The van der Waals surface area contributed by atoms with Crippen LogP contribution in [0.5, 0.6) is 0 Å². The Labute approximate surface area is 83.8 Å². The maximum absolute atomic E-state index is 10.6. The van der Waals surface area contributed by atoms with Crippen LogP contribution in [0.25, 0.3) is 6.08 Å². The predicted octanol–water partition coefficient (Wildman–Crippen LogP) is 1.25. The van der Waals surface area contributed by atoms with Gasteiger partial charge in [-0.1, -0.05) is 18.2 Å². The van der Waals surface area contributed by atoms with E-state index in [0.29, 0.717) is 0 Å². The monoisotopic (exact) mass is 190 g/mol. The summed E-state index contributed by atoms with van der Waals surface area (Å²) in [5.41, 5.74) is 7.07. The number of nitrogens with two attached hydrogens (primary N) is 1. The third-order valence-electron chi connectivity index (χ3n) is 1.85. The van der Waals surface area contributed by atoms with E-state index in [9.17, 15) is 4.79 Å². The second-order valence-corrected chi connectivity index (χ2v) is 3.19. The van der Waals surface area contributed by atoms with Crippen LogP contribution in [-0.2, 0) is 4.79 Å². The highest BCUT2D eigenvalue weighted by Gasteiger charge is 1.99. The van der Waals surface area contributed by atoms with Crippen molar-refractivity contribution in [1.82, 2.24) is 0 Å². The Morgan fingerprint density at radius 1 is 1.36 bits per heavy atom. The fourth-order valence-electron chi connectivity index (χ4n) is 1.21. The first-order valence-corrected chi connectivity index (χ1v) is 4.35. The van der Waals surface area contributed by atoms with Gasteiger partial charge in [0.25, 0.3) is 0 Å². The van der Waals surface area contributed by atoms with E-state index in [1.807, 2.05) is 43.3 Å². The summed E-state index contributed by atoms with van der Waals surface area (Å²) in [5.74, 6) is -0.432. The lowest BCUT2D eigenvalue weighted by atomic mass is 10.1. The smallest absolute Gasteiger partial charge is 0.241 e. The predicted molar refractivity (Wildman–Crippen MR) is 59.0 cm³/mol. The minimum absolute atomic E-state index is 0.432. The number of para-hydroxylation sites is 1. The molecule has 0 radical (unpaired) electrons. The molecule has 0 heterocycles. The zero-order chi connectivity index (χ0) is 10.6.